The molecule has 0 saturated carbocycles. The Balaban J connectivity index is 1.81. The fourth-order valence-corrected chi connectivity index (χ4v) is 5.67. The number of nitrogens with one attached hydrogen (secondary N) is 2. The maximum atomic E-state index is 11.7. The number of methoxy groups -OCH3 is 1. The topological polar surface area (TPSA) is 83.6 Å². The van der Waals surface area contributed by atoms with Crippen molar-refractivity contribution in [1.82, 2.24) is 10.3 Å². The van der Waals surface area contributed by atoms with Crippen molar-refractivity contribution in [2.75, 3.05) is 23.0 Å². The van der Waals surface area contributed by atoms with E-state index in [9.17, 15) is 8.42 Å². The van der Waals surface area contributed by atoms with Gasteiger partial charge in [-0.05, 0) is 60.4 Å². The molecule has 162 valence electrons. The lowest BCUT2D eigenvalue weighted by molar-refractivity contribution is 0.417. The summed E-state index contributed by atoms with van der Waals surface area (Å²) in [5.74, 6) is 0.411. The van der Waals surface area contributed by atoms with Crippen LogP contribution in [0, 0.1) is 6.92 Å². The SMILES string of the molecule is COc1cc(N2C(=S)N[C@H](c3ccccn3)[C@@H]2c2sccc2C)ccc1NS(C)(=O)=O. The number of thiocarbonyl (C=S) groups is 1. The molecule has 4 rings (SSSR count). The second-order valence-corrected chi connectivity index (χ2v) is 10.3. The van der Waals surface area contributed by atoms with Crippen LogP contribution in [-0.4, -0.2) is 31.9 Å². The van der Waals surface area contributed by atoms with Crippen molar-refractivity contribution >= 4 is 50.1 Å². The lowest BCUT2D eigenvalue weighted by Gasteiger charge is -2.28. The molecule has 0 spiro atoms. The van der Waals surface area contributed by atoms with Crippen LogP contribution in [0.4, 0.5) is 11.4 Å². The third kappa shape index (κ3) is 4.36. The first-order chi connectivity index (χ1) is 14.8. The third-order valence-corrected chi connectivity index (χ3v) is 7.02. The van der Waals surface area contributed by atoms with Crippen molar-refractivity contribution in [2.45, 2.75) is 19.0 Å². The molecule has 0 amide bonds. The number of nitrogens with zero attached hydrogens (tertiary/aromatic N) is 2. The van der Waals surface area contributed by atoms with Gasteiger partial charge in [-0.15, -0.1) is 11.3 Å². The van der Waals surface area contributed by atoms with Gasteiger partial charge in [-0.2, -0.15) is 0 Å². The van der Waals surface area contributed by atoms with E-state index in [2.05, 4.69) is 33.4 Å². The molecule has 0 radical (unpaired) electrons. The predicted octanol–water partition coefficient (Wildman–Crippen LogP) is 4.01. The van der Waals surface area contributed by atoms with Crippen LogP contribution in [0.2, 0.25) is 0 Å². The number of benzene rings is 1. The van der Waals surface area contributed by atoms with Gasteiger partial charge in [0.1, 0.15) is 5.75 Å². The van der Waals surface area contributed by atoms with Crippen LogP contribution in [0.15, 0.2) is 54.0 Å². The van der Waals surface area contributed by atoms with Gasteiger partial charge >= 0.3 is 0 Å². The Kier molecular flexibility index (Phi) is 5.87. The van der Waals surface area contributed by atoms with Gasteiger partial charge in [0.15, 0.2) is 5.11 Å². The van der Waals surface area contributed by atoms with Crippen molar-refractivity contribution in [1.29, 1.82) is 0 Å². The van der Waals surface area contributed by atoms with Crippen LogP contribution < -0.4 is 19.7 Å². The number of thiophene rings is 1. The average molecular weight is 475 g/mol. The number of anilines is 2. The summed E-state index contributed by atoms with van der Waals surface area (Å²) in [4.78, 5) is 7.78. The van der Waals surface area contributed by atoms with Crippen LogP contribution in [0.3, 0.4) is 0 Å². The summed E-state index contributed by atoms with van der Waals surface area (Å²) in [5.41, 5.74) is 3.24. The van der Waals surface area contributed by atoms with Crippen LogP contribution in [0.1, 0.15) is 28.2 Å². The zero-order chi connectivity index (χ0) is 22.2. The van der Waals surface area contributed by atoms with E-state index in [0.717, 1.165) is 17.6 Å². The first-order valence-corrected chi connectivity index (χ1v) is 12.7. The molecule has 1 aliphatic rings. The molecule has 0 unspecified atom stereocenters. The number of aromatic nitrogens is 1. The Bertz CT molecular complexity index is 1210. The van der Waals surface area contributed by atoms with Crippen molar-refractivity contribution in [3.8, 4) is 5.75 Å². The van der Waals surface area contributed by atoms with E-state index < -0.39 is 10.0 Å². The van der Waals surface area contributed by atoms with Crippen LogP contribution in [0.25, 0.3) is 0 Å². The fraction of sp³-hybridized carbons (Fsp3) is 0.238. The van der Waals surface area contributed by atoms with Gasteiger partial charge in [0.25, 0.3) is 0 Å². The van der Waals surface area contributed by atoms with Gasteiger partial charge in [-0.25, -0.2) is 8.42 Å². The van der Waals surface area contributed by atoms with E-state index in [-0.39, 0.29) is 12.1 Å². The molecule has 1 aromatic carbocycles. The zero-order valence-corrected chi connectivity index (χ0v) is 19.6. The highest BCUT2D eigenvalue weighted by molar-refractivity contribution is 7.92. The summed E-state index contributed by atoms with van der Waals surface area (Å²) in [6, 6.07) is 13.0. The van der Waals surface area contributed by atoms with E-state index in [0.29, 0.717) is 16.5 Å². The summed E-state index contributed by atoms with van der Waals surface area (Å²) in [5, 5.41) is 6.06. The van der Waals surface area contributed by atoms with Gasteiger partial charge in [-0.3, -0.25) is 9.71 Å². The lowest BCUT2D eigenvalue weighted by atomic mass is 10.0. The number of ether oxygens (including phenoxy) is 1. The van der Waals surface area contributed by atoms with Crippen molar-refractivity contribution in [2.24, 2.45) is 0 Å². The molecule has 31 heavy (non-hydrogen) atoms. The molecule has 2 atom stereocenters. The molecule has 3 aromatic rings. The number of hydrogen-bond donors (Lipinski definition) is 2. The average Bonchev–Trinajstić information content (AvgIpc) is 3.30. The maximum absolute atomic E-state index is 11.7. The van der Waals surface area contributed by atoms with E-state index in [1.807, 2.05) is 29.2 Å². The molecule has 7 nitrogen and oxygen atoms in total. The second-order valence-electron chi connectivity index (χ2n) is 7.22. The molecule has 0 bridgehead atoms. The van der Waals surface area contributed by atoms with E-state index >= 15 is 0 Å². The van der Waals surface area contributed by atoms with Crippen molar-refractivity contribution < 1.29 is 13.2 Å². The zero-order valence-electron chi connectivity index (χ0n) is 17.2. The molecule has 2 N–H and O–H groups in total. The van der Waals surface area contributed by atoms with Gasteiger partial charge in [-0.1, -0.05) is 6.07 Å². The summed E-state index contributed by atoms with van der Waals surface area (Å²) in [6.07, 6.45) is 2.88. The molecule has 3 heterocycles. The Morgan fingerprint density at radius 2 is 2.06 bits per heavy atom. The quantitative estimate of drug-likeness (QED) is 0.522. The number of pyridine rings is 1. The second kappa shape index (κ2) is 8.45. The number of aryl methyl sites for hydroxylation is 1. The van der Waals surface area contributed by atoms with E-state index in [1.165, 1.54) is 17.6 Å². The smallest absolute Gasteiger partial charge is 0.229 e. The number of rotatable bonds is 6. The minimum absolute atomic E-state index is 0.110. The third-order valence-electron chi connectivity index (χ3n) is 5.03. The summed E-state index contributed by atoms with van der Waals surface area (Å²) < 4.78 is 31.3. The van der Waals surface area contributed by atoms with E-state index in [4.69, 9.17) is 17.0 Å². The van der Waals surface area contributed by atoms with Gasteiger partial charge in [0, 0.05) is 22.8 Å². The highest BCUT2D eigenvalue weighted by Gasteiger charge is 2.42. The van der Waals surface area contributed by atoms with E-state index in [1.54, 1.807) is 29.7 Å². The Morgan fingerprint density at radius 3 is 2.68 bits per heavy atom. The molecule has 1 aliphatic heterocycles. The minimum atomic E-state index is -3.44. The molecule has 1 fully saturated rings. The fourth-order valence-electron chi connectivity index (χ4n) is 3.70. The monoisotopic (exact) mass is 474 g/mol. The summed E-state index contributed by atoms with van der Waals surface area (Å²) in [7, 11) is -1.93. The summed E-state index contributed by atoms with van der Waals surface area (Å²) >= 11 is 7.41. The first-order valence-electron chi connectivity index (χ1n) is 9.49. The molecular weight excluding hydrogens is 452 g/mol. The highest BCUT2D eigenvalue weighted by atomic mass is 32.2. The van der Waals surface area contributed by atoms with Crippen LogP contribution in [-0.2, 0) is 10.0 Å². The molecular formula is C21H22N4O3S3. The van der Waals surface area contributed by atoms with Crippen molar-refractivity contribution in [3.05, 3.63) is 70.2 Å². The standard InChI is InChI=1S/C21H22N4O3S3/c1-13-9-11-30-20(13)19-18(16-6-4-5-10-22-16)23-21(29)25(19)14-7-8-15(17(12-14)28-2)24-31(3,26)27/h4-12,18-19,24H,1-3H3,(H,23,29)/t18-,19-/m1/s1. The van der Waals surface area contributed by atoms with Gasteiger partial charge in [0.05, 0.1) is 36.8 Å². The van der Waals surface area contributed by atoms with Crippen molar-refractivity contribution in [3.63, 3.8) is 0 Å². The Hall–Kier alpha value is -2.69. The molecule has 0 aliphatic carbocycles. The largest absolute Gasteiger partial charge is 0.494 e. The minimum Gasteiger partial charge on any atom is -0.494 e. The van der Waals surface area contributed by atoms with Gasteiger partial charge < -0.3 is 15.0 Å². The van der Waals surface area contributed by atoms with Crippen LogP contribution in [0.5, 0.6) is 5.75 Å². The Labute approximate surface area is 191 Å². The predicted molar refractivity (Wildman–Crippen MR) is 128 cm³/mol. The van der Waals surface area contributed by atoms with Crippen LogP contribution >= 0.6 is 23.6 Å². The van der Waals surface area contributed by atoms with Gasteiger partial charge in [0.2, 0.25) is 10.0 Å². The normalized spacial score (nSPS) is 18.7. The molecule has 10 heteroatoms. The Morgan fingerprint density at radius 1 is 1.26 bits per heavy atom. The molecule has 1 saturated heterocycles. The number of hydrogen-bond acceptors (Lipinski definition) is 6. The summed E-state index contributed by atoms with van der Waals surface area (Å²) in [6.45, 7) is 2.08. The lowest BCUT2D eigenvalue weighted by Crippen LogP contribution is -2.29. The molecule has 2 aromatic heterocycles. The maximum Gasteiger partial charge on any atom is 0.229 e. The number of sulfonamides is 1. The first kappa shape index (κ1) is 21.5. The highest BCUT2D eigenvalue weighted by Crippen LogP contribution is 2.45.